The molecule has 0 aromatic rings. The summed E-state index contributed by atoms with van der Waals surface area (Å²) in [6, 6.07) is 0. The number of carbonyl (C=O) groups is 2. The minimum atomic E-state index is -0.981. The molecule has 0 aliphatic heterocycles. The van der Waals surface area contributed by atoms with E-state index in [1.54, 1.807) is 6.92 Å². The number of ether oxygens (including phenoxy) is 1. The summed E-state index contributed by atoms with van der Waals surface area (Å²) in [5.41, 5.74) is 0.492. The van der Waals surface area contributed by atoms with Gasteiger partial charge in [0.1, 0.15) is 0 Å². The molecule has 0 rings (SSSR count). The van der Waals surface area contributed by atoms with E-state index in [4.69, 9.17) is 9.84 Å². The number of carbonyl (C=O) groups excluding carboxylic acids is 1. The highest BCUT2D eigenvalue weighted by Crippen LogP contribution is 2.13. The van der Waals surface area contributed by atoms with Crippen molar-refractivity contribution in [3.05, 3.63) is 24.8 Å². The molecule has 0 radical (unpaired) electrons. The van der Waals surface area contributed by atoms with Crippen LogP contribution in [0, 0.1) is 0 Å². The van der Waals surface area contributed by atoms with E-state index in [0.29, 0.717) is 12.2 Å². The highest BCUT2D eigenvalue weighted by atomic mass is 16.5. The maximum absolute atomic E-state index is 11.2. The molecule has 0 aliphatic rings. The summed E-state index contributed by atoms with van der Waals surface area (Å²) in [7, 11) is 0. The van der Waals surface area contributed by atoms with Gasteiger partial charge in [0.25, 0.3) is 0 Å². The van der Waals surface area contributed by atoms with Crippen LogP contribution in [0.2, 0.25) is 0 Å². The fourth-order valence-corrected chi connectivity index (χ4v) is 3.61. The Morgan fingerprint density at radius 2 is 1.00 bits per heavy atom. The number of rotatable bonds is 22. The van der Waals surface area contributed by atoms with Crippen LogP contribution < -0.4 is 0 Å². The maximum atomic E-state index is 11.2. The molecule has 0 spiro atoms. The van der Waals surface area contributed by atoms with Crippen LogP contribution in [0.25, 0.3) is 0 Å². The number of esters is 1. The van der Waals surface area contributed by atoms with Gasteiger partial charge in [0.05, 0.1) is 6.61 Å². The van der Waals surface area contributed by atoms with Gasteiger partial charge in [0.2, 0.25) is 0 Å². The van der Waals surface area contributed by atoms with Crippen molar-refractivity contribution in [2.24, 2.45) is 0 Å². The van der Waals surface area contributed by atoms with Crippen molar-refractivity contribution in [1.29, 1.82) is 0 Å². The first-order valence-corrected chi connectivity index (χ1v) is 14.7. The van der Waals surface area contributed by atoms with Crippen LogP contribution in [-0.4, -0.2) is 48.2 Å². The first-order valence-electron chi connectivity index (χ1n) is 14.7. The zero-order valence-corrected chi connectivity index (χ0v) is 24.8. The summed E-state index contributed by atoms with van der Waals surface area (Å²) in [6.45, 7) is 21.2. The van der Waals surface area contributed by atoms with Gasteiger partial charge < -0.3 is 14.7 Å². The first-order chi connectivity index (χ1) is 17.3. The molecule has 0 saturated carbocycles. The monoisotopic (exact) mass is 511 g/mol. The number of hydrogen-bond donors (Lipinski definition) is 1. The van der Waals surface area contributed by atoms with Gasteiger partial charge >= 0.3 is 11.9 Å². The molecule has 0 unspecified atom stereocenters. The lowest BCUT2D eigenvalue weighted by Gasteiger charge is -2.13. The van der Waals surface area contributed by atoms with Crippen LogP contribution in [-0.2, 0) is 14.3 Å². The molecular formula is C31H61NO4. The van der Waals surface area contributed by atoms with Crippen molar-refractivity contribution < 1.29 is 19.4 Å². The summed E-state index contributed by atoms with van der Waals surface area (Å²) < 4.78 is 5.08. The average Bonchev–Trinajstić information content (AvgIpc) is 2.87. The third kappa shape index (κ3) is 36.9. The van der Waals surface area contributed by atoms with E-state index in [9.17, 15) is 9.59 Å². The van der Waals surface area contributed by atoms with E-state index in [2.05, 4.69) is 45.8 Å². The first kappa shape index (κ1) is 38.9. The van der Waals surface area contributed by atoms with Gasteiger partial charge in [-0.2, -0.15) is 0 Å². The van der Waals surface area contributed by atoms with Crippen molar-refractivity contribution in [3.8, 4) is 0 Å². The summed E-state index contributed by atoms with van der Waals surface area (Å²) >= 11 is 0. The molecule has 0 aromatic heterocycles. The summed E-state index contributed by atoms with van der Waals surface area (Å²) in [6.07, 6.45) is 22.6. The Labute approximate surface area is 224 Å². The number of carboxylic acids is 1. The lowest BCUT2D eigenvalue weighted by molar-refractivity contribution is -0.139. The van der Waals surface area contributed by atoms with Crippen molar-refractivity contribution in [3.63, 3.8) is 0 Å². The largest absolute Gasteiger partial charge is 0.478 e. The minimum absolute atomic E-state index is 0.254. The Kier molecular flexibility index (Phi) is 36.1. The highest BCUT2D eigenvalue weighted by Gasteiger charge is 2.01. The van der Waals surface area contributed by atoms with Crippen LogP contribution in [0.4, 0.5) is 0 Å². The molecule has 0 aromatic carbocycles. The van der Waals surface area contributed by atoms with E-state index in [1.807, 2.05) is 0 Å². The molecule has 0 aliphatic carbocycles. The van der Waals surface area contributed by atoms with Gasteiger partial charge in [0.15, 0.2) is 0 Å². The second-order valence-corrected chi connectivity index (χ2v) is 9.38. The van der Waals surface area contributed by atoms with Gasteiger partial charge in [-0.05, 0) is 33.0 Å². The van der Waals surface area contributed by atoms with E-state index in [1.165, 1.54) is 116 Å². The van der Waals surface area contributed by atoms with E-state index in [-0.39, 0.29) is 5.97 Å². The van der Waals surface area contributed by atoms with Crippen molar-refractivity contribution in [2.75, 3.05) is 26.2 Å². The van der Waals surface area contributed by atoms with Gasteiger partial charge in [-0.15, -0.1) is 0 Å². The molecule has 0 amide bonds. The van der Waals surface area contributed by atoms with Gasteiger partial charge in [-0.25, -0.2) is 9.59 Å². The van der Waals surface area contributed by atoms with Crippen molar-refractivity contribution in [1.82, 2.24) is 4.90 Å². The molecule has 5 nitrogen and oxygen atoms in total. The van der Waals surface area contributed by atoms with E-state index in [0.717, 1.165) is 12.5 Å². The third-order valence-corrected chi connectivity index (χ3v) is 6.10. The molecule has 214 valence electrons. The molecule has 36 heavy (non-hydrogen) atoms. The summed E-state index contributed by atoms with van der Waals surface area (Å²) in [5, 5.41) is 7.60. The second kappa shape index (κ2) is 33.4. The molecule has 0 saturated heterocycles. The topological polar surface area (TPSA) is 66.8 Å². The molecule has 0 fully saturated rings. The van der Waals surface area contributed by atoms with Crippen molar-refractivity contribution in [2.45, 2.75) is 137 Å². The van der Waals surface area contributed by atoms with E-state index < -0.39 is 5.97 Å². The number of nitrogens with zero attached hydrogens (tertiary/aromatic N) is 1. The minimum Gasteiger partial charge on any atom is -0.478 e. The lowest BCUT2D eigenvalue weighted by atomic mass is 10.0. The summed E-state index contributed by atoms with van der Waals surface area (Å²) in [5.74, 6) is -1.24. The normalized spacial score (nSPS) is 10.1. The Hall–Kier alpha value is -1.62. The smallest absolute Gasteiger partial charge is 0.333 e. The second-order valence-electron chi connectivity index (χ2n) is 9.38. The maximum Gasteiger partial charge on any atom is 0.333 e. The van der Waals surface area contributed by atoms with Crippen LogP contribution in [0.5, 0.6) is 0 Å². The Balaban J connectivity index is -0.000000743. The predicted molar refractivity (Wildman–Crippen MR) is 157 cm³/mol. The SMILES string of the molecule is C=C(C)C(=O)OCCCCCCCCCCCCCCCCCC.C=CC(=O)O.CCN(CC)CC. The van der Waals surface area contributed by atoms with Crippen molar-refractivity contribution >= 4 is 11.9 Å². The Bertz CT molecular complexity index is 495. The number of hydrogen-bond acceptors (Lipinski definition) is 4. The van der Waals surface area contributed by atoms with Crippen LogP contribution in [0.1, 0.15) is 137 Å². The van der Waals surface area contributed by atoms with Crippen LogP contribution in [0.15, 0.2) is 24.8 Å². The number of carboxylic acid groups (broad SMARTS) is 1. The standard InChI is InChI=1S/C22H42O2.C6H15N.C3H4O2/c1-4-5-6-7-8-9-10-11-12-13-14-15-16-17-18-19-20-24-22(23)21(2)3;1-4-7(5-2)6-3;1-2-3(4)5/h2,4-20H2,1,3H3;4-6H2,1-3H3;2H,1H2,(H,4,5). The number of aliphatic carboxylic acids is 1. The lowest BCUT2D eigenvalue weighted by Crippen LogP contribution is -2.21. The van der Waals surface area contributed by atoms with Crippen LogP contribution >= 0.6 is 0 Å². The Morgan fingerprint density at radius 3 is 1.22 bits per heavy atom. The fourth-order valence-electron chi connectivity index (χ4n) is 3.61. The average molecular weight is 512 g/mol. The zero-order chi connectivity index (χ0) is 27.9. The molecular weight excluding hydrogens is 450 g/mol. The highest BCUT2D eigenvalue weighted by molar-refractivity contribution is 5.86. The molecule has 0 atom stereocenters. The van der Waals surface area contributed by atoms with Gasteiger partial charge in [0, 0.05) is 11.6 Å². The fraction of sp³-hybridized carbons (Fsp3) is 0.806. The van der Waals surface area contributed by atoms with Crippen LogP contribution in [0.3, 0.4) is 0 Å². The molecule has 0 bridgehead atoms. The molecule has 1 N–H and O–H groups in total. The quantitative estimate of drug-likeness (QED) is 0.0892. The van der Waals surface area contributed by atoms with Gasteiger partial charge in [-0.3, -0.25) is 0 Å². The third-order valence-electron chi connectivity index (χ3n) is 6.10. The Morgan fingerprint density at radius 1 is 0.694 bits per heavy atom. The molecule has 5 heteroatoms. The summed E-state index contributed by atoms with van der Waals surface area (Å²) in [4.78, 5) is 22.8. The predicted octanol–water partition coefficient (Wildman–Crippen LogP) is 8.97. The van der Waals surface area contributed by atoms with E-state index >= 15 is 0 Å². The zero-order valence-electron chi connectivity index (χ0n) is 24.8. The molecule has 0 heterocycles. The van der Waals surface area contributed by atoms with Gasteiger partial charge in [-0.1, -0.05) is 137 Å². The number of unbranched alkanes of at least 4 members (excludes halogenated alkanes) is 15.